The summed E-state index contributed by atoms with van der Waals surface area (Å²) in [4.78, 5) is 22.4. The number of carbonyl (C=O) groups is 2. The zero-order chi connectivity index (χ0) is 15.0. The number of piperidine rings is 1. The normalized spacial score (nSPS) is 30.9. The number of likely N-dealkylation sites (tertiary alicyclic amines) is 1. The Morgan fingerprint density at radius 2 is 1.80 bits per heavy atom. The topological polar surface area (TPSA) is 66.8 Å². The minimum atomic E-state index is -0.250. The Morgan fingerprint density at radius 1 is 1.30 bits per heavy atom. The molecule has 1 amide bonds. The lowest BCUT2D eigenvalue weighted by molar-refractivity contribution is -0.132. The third-order valence-corrected chi connectivity index (χ3v) is 5.20. The van der Waals surface area contributed by atoms with Crippen LogP contribution in [0.3, 0.4) is 0 Å². The summed E-state index contributed by atoms with van der Waals surface area (Å²) >= 11 is 0. The van der Waals surface area contributed by atoms with Gasteiger partial charge in [-0.3, -0.25) is 9.59 Å². The highest BCUT2D eigenvalue weighted by atomic mass is 16.5. The van der Waals surface area contributed by atoms with E-state index in [1.165, 1.54) is 0 Å². The SMILES string of the molecule is CC1(OCCC(=O)N2CC3C(C2)C3(C)C)CC1.O=CO. The van der Waals surface area contributed by atoms with E-state index in [1.54, 1.807) is 0 Å². The molecule has 0 aromatic heterocycles. The van der Waals surface area contributed by atoms with Crippen molar-refractivity contribution in [1.82, 2.24) is 4.90 Å². The van der Waals surface area contributed by atoms with E-state index in [0.29, 0.717) is 18.4 Å². The molecule has 0 bridgehead atoms. The molecule has 3 fully saturated rings. The number of carboxylic acid groups (broad SMARTS) is 1. The Morgan fingerprint density at radius 3 is 2.25 bits per heavy atom. The van der Waals surface area contributed by atoms with Crippen molar-refractivity contribution in [2.24, 2.45) is 17.3 Å². The van der Waals surface area contributed by atoms with Crippen molar-refractivity contribution in [2.45, 2.75) is 45.6 Å². The van der Waals surface area contributed by atoms with Gasteiger partial charge in [-0.2, -0.15) is 0 Å². The molecule has 20 heavy (non-hydrogen) atoms. The monoisotopic (exact) mass is 283 g/mol. The van der Waals surface area contributed by atoms with E-state index in [-0.39, 0.29) is 18.0 Å². The van der Waals surface area contributed by atoms with Gasteiger partial charge in [0, 0.05) is 13.1 Å². The zero-order valence-electron chi connectivity index (χ0n) is 12.6. The van der Waals surface area contributed by atoms with Crippen molar-refractivity contribution >= 4 is 12.4 Å². The van der Waals surface area contributed by atoms with Gasteiger partial charge in [-0.25, -0.2) is 0 Å². The standard InChI is InChI=1S/C14H23NO2.CH2O2/c1-13(2)10-8-15(9-11(10)13)12(16)4-7-17-14(3)5-6-14;2-1-3/h10-11H,4-9H2,1-3H3;1H,(H,2,3). The fourth-order valence-corrected chi connectivity index (χ4v) is 3.20. The molecule has 1 aliphatic heterocycles. The Hall–Kier alpha value is -1.10. The van der Waals surface area contributed by atoms with Gasteiger partial charge in [0.25, 0.3) is 6.47 Å². The van der Waals surface area contributed by atoms with Gasteiger partial charge in [-0.05, 0) is 37.0 Å². The maximum Gasteiger partial charge on any atom is 0.290 e. The van der Waals surface area contributed by atoms with E-state index in [0.717, 1.165) is 37.8 Å². The van der Waals surface area contributed by atoms with Crippen LogP contribution in [0, 0.1) is 17.3 Å². The Kier molecular flexibility index (Phi) is 4.09. The molecule has 1 N–H and O–H groups in total. The molecule has 0 radical (unpaired) electrons. The lowest BCUT2D eigenvalue weighted by Gasteiger charge is -2.22. The minimum Gasteiger partial charge on any atom is -0.483 e. The van der Waals surface area contributed by atoms with Crippen LogP contribution in [0.15, 0.2) is 0 Å². The van der Waals surface area contributed by atoms with Crippen LogP contribution in [0.4, 0.5) is 0 Å². The van der Waals surface area contributed by atoms with E-state index in [2.05, 4.69) is 20.8 Å². The summed E-state index contributed by atoms with van der Waals surface area (Å²) in [5.74, 6) is 1.80. The van der Waals surface area contributed by atoms with Gasteiger partial charge in [0.1, 0.15) is 0 Å². The van der Waals surface area contributed by atoms with Crippen LogP contribution in [0.5, 0.6) is 0 Å². The molecule has 2 saturated carbocycles. The molecule has 2 unspecified atom stereocenters. The number of hydrogen-bond donors (Lipinski definition) is 1. The summed E-state index contributed by atoms with van der Waals surface area (Å²) in [6, 6.07) is 0. The first-order chi connectivity index (χ1) is 9.34. The summed E-state index contributed by atoms with van der Waals surface area (Å²) in [6.45, 7) is 9.08. The Balaban J connectivity index is 0.000000452. The van der Waals surface area contributed by atoms with Crippen LogP contribution < -0.4 is 0 Å². The van der Waals surface area contributed by atoms with E-state index in [9.17, 15) is 4.79 Å². The van der Waals surface area contributed by atoms with E-state index in [4.69, 9.17) is 14.6 Å². The molecule has 5 nitrogen and oxygen atoms in total. The number of amides is 1. The summed E-state index contributed by atoms with van der Waals surface area (Å²) < 4.78 is 5.70. The molecule has 0 aromatic carbocycles. The smallest absolute Gasteiger partial charge is 0.290 e. The highest BCUT2D eigenvalue weighted by molar-refractivity contribution is 5.77. The van der Waals surface area contributed by atoms with Gasteiger partial charge in [-0.15, -0.1) is 0 Å². The summed E-state index contributed by atoms with van der Waals surface area (Å²) in [7, 11) is 0. The van der Waals surface area contributed by atoms with Crippen molar-refractivity contribution in [3.05, 3.63) is 0 Å². The number of nitrogens with zero attached hydrogens (tertiary/aromatic N) is 1. The maximum atomic E-state index is 12.0. The first-order valence-corrected chi connectivity index (χ1v) is 7.33. The summed E-state index contributed by atoms with van der Waals surface area (Å²) in [5.41, 5.74) is 0.601. The van der Waals surface area contributed by atoms with Gasteiger partial charge >= 0.3 is 0 Å². The molecule has 114 valence electrons. The fraction of sp³-hybridized carbons (Fsp3) is 0.867. The fourth-order valence-electron chi connectivity index (χ4n) is 3.20. The maximum absolute atomic E-state index is 12.0. The Labute approximate surface area is 120 Å². The average Bonchev–Trinajstić information content (AvgIpc) is 3.10. The van der Waals surface area contributed by atoms with Gasteiger partial charge in [-0.1, -0.05) is 13.8 Å². The molecule has 1 heterocycles. The lowest BCUT2D eigenvalue weighted by Crippen LogP contribution is -2.33. The molecule has 2 aliphatic carbocycles. The number of carbonyl (C=O) groups excluding carboxylic acids is 1. The van der Waals surface area contributed by atoms with Crippen LogP contribution in [0.25, 0.3) is 0 Å². The number of hydrogen-bond acceptors (Lipinski definition) is 3. The molecule has 1 saturated heterocycles. The molecule has 5 heteroatoms. The van der Waals surface area contributed by atoms with Crippen molar-refractivity contribution in [2.75, 3.05) is 19.7 Å². The highest BCUT2D eigenvalue weighted by Crippen LogP contribution is 2.61. The molecule has 0 aromatic rings. The largest absolute Gasteiger partial charge is 0.483 e. The van der Waals surface area contributed by atoms with E-state index < -0.39 is 0 Å². The van der Waals surface area contributed by atoms with Crippen LogP contribution >= 0.6 is 0 Å². The van der Waals surface area contributed by atoms with Crippen LogP contribution in [0.2, 0.25) is 0 Å². The second-order valence-corrected chi connectivity index (χ2v) is 6.99. The third kappa shape index (κ3) is 3.14. The van der Waals surface area contributed by atoms with Crippen molar-refractivity contribution in [3.8, 4) is 0 Å². The quantitative estimate of drug-likeness (QED) is 0.798. The van der Waals surface area contributed by atoms with Gasteiger partial charge in [0.2, 0.25) is 5.91 Å². The van der Waals surface area contributed by atoms with Crippen molar-refractivity contribution in [3.63, 3.8) is 0 Å². The number of rotatable bonds is 4. The highest BCUT2D eigenvalue weighted by Gasteiger charge is 2.62. The lowest BCUT2D eigenvalue weighted by atomic mass is 10.1. The van der Waals surface area contributed by atoms with Gasteiger partial charge in [0.05, 0.1) is 18.6 Å². The summed E-state index contributed by atoms with van der Waals surface area (Å²) in [6.07, 6.45) is 2.88. The van der Waals surface area contributed by atoms with Crippen LogP contribution in [-0.2, 0) is 14.3 Å². The van der Waals surface area contributed by atoms with E-state index >= 15 is 0 Å². The summed E-state index contributed by atoms with van der Waals surface area (Å²) in [5, 5.41) is 6.89. The van der Waals surface area contributed by atoms with Crippen LogP contribution in [-0.4, -0.2) is 47.7 Å². The number of ether oxygens (including phenoxy) is 1. The second-order valence-electron chi connectivity index (χ2n) is 6.99. The first-order valence-electron chi connectivity index (χ1n) is 7.33. The van der Waals surface area contributed by atoms with Crippen molar-refractivity contribution < 1.29 is 19.4 Å². The third-order valence-electron chi connectivity index (χ3n) is 5.20. The van der Waals surface area contributed by atoms with E-state index in [1.807, 2.05) is 4.90 Å². The molecule has 3 aliphatic rings. The van der Waals surface area contributed by atoms with Gasteiger partial charge < -0.3 is 14.7 Å². The zero-order valence-corrected chi connectivity index (χ0v) is 12.6. The van der Waals surface area contributed by atoms with Crippen molar-refractivity contribution in [1.29, 1.82) is 0 Å². The minimum absolute atomic E-state index is 0.107. The molecular formula is C15H25NO4. The predicted octanol–water partition coefficient (Wildman–Crippen LogP) is 1.76. The molecule has 3 rings (SSSR count). The molecule has 0 spiro atoms. The van der Waals surface area contributed by atoms with Crippen LogP contribution in [0.1, 0.15) is 40.0 Å². The average molecular weight is 283 g/mol. The predicted molar refractivity (Wildman–Crippen MR) is 74.2 cm³/mol. The van der Waals surface area contributed by atoms with Gasteiger partial charge in [0.15, 0.2) is 0 Å². The molecular weight excluding hydrogens is 258 g/mol. The second kappa shape index (κ2) is 5.35. The number of fused-ring (bicyclic) bond motifs is 1. The molecule has 2 atom stereocenters. The Bertz CT molecular complexity index is 375. The first kappa shape index (κ1) is 15.3.